The highest BCUT2D eigenvalue weighted by Crippen LogP contribution is 2.30. The van der Waals surface area contributed by atoms with Crippen molar-refractivity contribution in [1.29, 1.82) is 0 Å². The van der Waals surface area contributed by atoms with Gasteiger partial charge < -0.3 is 9.47 Å². The van der Waals surface area contributed by atoms with Crippen LogP contribution in [0.5, 0.6) is 5.75 Å². The van der Waals surface area contributed by atoms with Gasteiger partial charge in [0.05, 0.1) is 34.8 Å². The van der Waals surface area contributed by atoms with E-state index in [2.05, 4.69) is 4.72 Å². The lowest BCUT2D eigenvalue weighted by atomic mass is 10.2. The molecule has 0 bridgehead atoms. The molecule has 138 valence electrons. The van der Waals surface area contributed by atoms with E-state index in [1.54, 1.807) is 6.92 Å². The van der Waals surface area contributed by atoms with E-state index in [4.69, 9.17) is 9.47 Å². The van der Waals surface area contributed by atoms with Gasteiger partial charge in [-0.1, -0.05) is 0 Å². The number of carbonyl (C=O) groups is 1. The van der Waals surface area contributed by atoms with Gasteiger partial charge in [0.2, 0.25) is 0 Å². The van der Waals surface area contributed by atoms with Gasteiger partial charge in [-0.2, -0.15) is 0 Å². The van der Waals surface area contributed by atoms with Crippen LogP contribution >= 0.6 is 0 Å². The Morgan fingerprint density at radius 1 is 1.19 bits per heavy atom. The second-order valence-corrected chi connectivity index (χ2v) is 6.67. The third-order valence-corrected chi connectivity index (χ3v) is 4.70. The summed E-state index contributed by atoms with van der Waals surface area (Å²) in [6.07, 6.45) is 0. The van der Waals surface area contributed by atoms with Gasteiger partial charge in [-0.3, -0.25) is 14.8 Å². The SMILES string of the molecule is CCOC(=O)c1ccc(S(=O)(=O)Nc2cc([N+](=O)[O-])ccc2OC)cc1. The number of esters is 1. The topological polar surface area (TPSA) is 125 Å². The number of anilines is 1. The Labute approximate surface area is 149 Å². The molecule has 10 heteroatoms. The highest BCUT2D eigenvalue weighted by molar-refractivity contribution is 7.92. The fourth-order valence-corrected chi connectivity index (χ4v) is 3.14. The molecule has 0 aromatic heterocycles. The first-order chi connectivity index (χ1) is 12.3. The number of ether oxygens (including phenoxy) is 2. The molecule has 0 aliphatic heterocycles. The number of carbonyl (C=O) groups excluding carboxylic acids is 1. The molecule has 0 spiro atoms. The molecule has 0 unspecified atom stereocenters. The Morgan fingerprint density at radius 3 is 2.38 bits per heavy atom. The number of sulfonamides is 1. The number of benzene rings is 2. The number of rotatable bonds is 7. The van der Waals surface area contributed by atoms with Crippen LogP contribution in [-0.2, 0) is 14.8 Å². The lowest BCUT2D eigenvalue weighted by Gasteiger charge is -2.12. The molecule has 0 heterocycles. The molecule has 0 amide bonds. The van der Waals surface area contributed by atoms with Gasteiger partial charge in [-0.15, -0.1) is 0 Å². The number of non-ortho nitro benzene ring substituents is 1. The molecule has 0 saturated heterocycles. The minimum atomic E-state index is -4.05. The number of nitro groups is 1. The molecule has 0 fully saturated rings. The third kappa shape index (κ3) is 4.28. The van der Waals surface area contributed by atoms with Gasteiger partial charge in [-0.05, 0) is 37.3 Å². The summed E-state index contributed by atoms with van der Waals surface area (Å²) in [5, 5.41) is 10.9. The van der Waals surface area contributed by atoms with Crippen molar-refractivity contribution in [3.63, 3.8) is 0 Å². The summed E-state index contributed by atoms with van der Waals surface area (Å²) >= 11 is 0. The van der Waals surface area contributed by atoms with Crippen LogP contribution in [0.25, 0.3) is 0 Å². The van der Waals surface area contributed by atoms with E-state index in [0.717, 1.165) is 6.07 Å². The van der Waals surface area contributed by atoms with Crippen molar-refractivity contribution in [2.45, 2.75) is 11.8 Å². The van der Waals surface area contributed by atoms with Gasteiger partial charge in [0.15, 0.2) is 0 Å². The van der Waals surface area contributed by atoms with E-state index in [9.17, 15) is 23.3 Å². The quantitative estimate of drug-likeness (QED) is 0.444. The van der Waals surface area contributed by atoms with Crippen LogP contribution < -0.4 is 9.46 Å². The van der Waals surface area contributed by atoms with Gasteiger partial charge in [0.1, 0.15) is 5.75 Å². The summed E-state index contributed by atoms with van der Waals surface area (Å²) in [5.74, 6) is -0.438. The van der Waals surface area contributed by atoms with Crippen molar-refractivity contribution >= 4 is 27.4 Å². The standard InChI is InChI=1S/C16H16N2O7S/c1-3-25-16(19)11-4-7-13(8-5-11)26(22,23)17-14-10-12(18(20)21)6-9-15(14)24-2/h4-10,17H,3H2,1-2H3. The van der Waals surface area contributed by atoms with Crippen LogP contribution in [-0.4, -0.2) is 33.0 Å². The second kappa shape index (κ2) is 7.83. The normalized spacial score (nSPS) is 10.8. The minimum Gasteiger partial charge on any atom is -0.495 e. The first-order valence-electron chi connectivity index (χ1n) is 7.41. The highest BCUT2D eigenvalue weighted by atomic mass is 32.2. The number of nitrogens with one attached hydrogen (secondary N) is 1. The third-order valence-electron chi connectivity index (χ3n) is 3.31. The van der Waals surface area contributed by atoms with Crippen molar-refractivity contribution in [2.24, 2.45) is 0 Å². The molecule has 0 radical (unpaired) electrons. The summed E-state index contributed by atoms with van der Waals surface area (Å²) in [7, 11) is -2.74. The van der Waals surface area contributed by atoms with E-state index in [1.807, 2.05) is 0 Å². The monoisotopic (exact) mass is 380 g/mol. The van der Waals surface area contributed by atoms with E-state index in [-0.39, 0.29) is 34.2 Å². The highest BCUT2D eigenvalue weighted by Gasteiger charge is 2.20. The summed E-state index contributed by atoms with van der Waals surface area (Å²) in [6.45, 7) is 1.86. The predicted octanol–water partition coefficient (Wildman–Crippen LogP) is 2.58. The number of nitrogens with zero attached hydrogens (tertiary/aromatic N) is 1. The molecule has 0 atom stereocenters. The zero-order valence-electron chi connectivity index (χ0n) is 14.0. The zero-order chi connectivity index (χ0) is 19.3. The molecule has 26 heavy (non-hydrogen) atoms. The molecule has 1 N–H and O–H groups in total. The fourth-order valence-electron chi connectivity index (χ4n) is 2.08. The lowest BCUT2D eigenvalue weighted by molar-refractivity contribution is -0.384. The van der Waals surface area contributed by atoms with Crippen molar-refractivity contribution in [1.82, 2.24) is 0 Å². The summed E-state index contributed by atoms with van der Waals surface area (Å²) in [6, 6.07) is 8.65. The van der Waals surface area contributed by atoms with Crippen LogP contribution in [0.4, 0.5) is 11.4 Å². The first-order valence-corrected chi connectivity index (χ1v) is 8.89. The number of nitro benzene ring substituents is 1. The van der Waals surface area contributed by atoms with Crippen molar-refractivity contribution in [3.8, 4) is 5.75 Å². The van der Waals surface area contributed by atoms with Crippen molar-refractivity contribution in [3.05, 3.63) is 58.1 Å². The van der Waals surface area contributed by atoms with Gasteiger partial charge >= 0.3 is 5.97 Å². The van der Waals surface area contributed by atoms with Crippen LogP contribution in [0.1, 0.15) is 17.3 Å². The average molecular weight is 380 g/mol. The Bertz CT molecular complexity index is 924. The lowest BCUT2D eigenvalue weighted by Crippen LogP contribution is -2.14. The smallest absolute Gasteiger partial charge is 0.338 e. The van der Waals surface area contributed by atoms with Crippen molar-refractivity contribution in [2.75, 3.05) is 18.4 Å². The summed E-state index contributed by atoms with van der Waals surface area (Å²) < 4.78 is 37.1. The van der Waals surface area contributed by atoms with Crippen molar-refractivity contribution < 1.29 is 27.6 Å². The van der Waals surface area contributed by atoms with Gasteiger partial charge in [0.25, 0.3) is 15.7 Å². The van der Waals surface area contributed by atoms with E-state index in [1.165, 1.54) is 43.5 Å². The van der Waals surface area contributed by atoms with E-state index < -0.39 is 20.9 Å². The molecule has 9 nitrogen and oxygen atoms in total. The van der Waals surface area contributed by atoms with Gasteiger partial charge in [0, 0.05) is 12.1 Å². The molecule has 0 saturated carbocycles. The number of hydrogen-bond acceptors (Lipinski definition) is 7. The molecular weight excluding hydrogens is 364 g/mol. The molecule has 2 aromatic rings. The Balaban J connectivity index is 2.32. The van der Waals surface area contributed by atoms with E-state index in [0.29, 0.717) is 0 Å². The summed E-state index contributed by atoms with van der Waals surface area (Å²) in [4.78, 5) is 21.7. The van der Waals surface area contributed by atoms with E-state index >= 15 is 0 Å². The second-order valence-electron chi connectivity index (χ2n) is 4.99. The average Bonchev–Trinajstić information content (AvgIpc) is 2.61. The molecule has 0 aliphatic carbocycles. The first kappa shape index (κ1) is 19.2. The van der Waals surface area contributed by atoms with Crippen LogP contribution in [0.15, 0.2) is 47.4 Å². The molecule has 0 aliphatic rings. The Hall–Kier alpha value is -3.14. The maximum absolute atomic E-state index is 12.5. The maximum atomic E-state index is 12.5. The van der Waals surface area contributed by atoms with Gasteiger partial charge in [-0.25, -0.2) is 13.2 Å². The zero-order valence-corrected chi connectivity index (χ0v) is 14.8. The summed E-state index contributed by atoms with van der Waals surface area (Å²) in [5.41, 5.74) is -0.156. The number of hydrogen-bond donors (Lipinski definition) is 1. The largest absolute Gasteiger partial charge is 0.495 e. The predicted molar refractivity (Wildman–Crippen MR) is 92.9 cm³/mol. The molecule has 2 aromatic carbocycles. The van der Waals surface area contributed by atoms with Crippen LogP contribution in [0, 0.1) is 10.1 Å². The molecule has 2 rings (SSSR count). The van der Waals surface area contributed by atoms with Crippen LogP contribution in [0.2, 0.25) is 0 Å². The Morgan fingerprint density at radius 2 is 1.85 bits per heavy atom. The molecular formula is C16H16N2O7S. The fraction of sp³-hybridized carbons (Fsp3) is 0.188. The minimum absolute atomic E-state index is 0.0730. The Kier molecular flexibility index (Phi) is 5.78. The van der Waals surface area contributed by atoms with Crippen LogP contribution in [0.3, 0.4) is 0 Å². The number of methoxy groups -OCH3 is 1. The maximum Gasteiger partial charge on any atom is 0.338 e.